The fourth-order valence-electron chi connectivity index (χ4n) is 2.64. The van der Waals surface area contributed by atoms with Gasteiger partial charge in [0.05, 0.1) is 12.7 Å². The second-order valence-corrected chi connectivity index (χ2v) is 6.56. The third kappa shape index (κ3) is 4.14. The Morgan fingerprint density at radius 3 is 2.60 bits per heavy atom. The molecule has 0 unspecified atom stereocenters. The van der Waals surface area contributed by atoms with Gasteiger partial charge < -0.3 is 5.32 Å². The molecule has 1 aliphatic heterocycles. The first-order valence-corrected chi connectivity index (χ1v) is 8.72. The molecule has 1 saturated heterocycles. The summed E-state index contributed by atoms with van der Waals surface area (Å²) in [6.07, 6.45) is 2.15. The lowest BCUT2D eigenvalue weighted by molar-refractivity contribution is -0.138. The lowest BCUT2D eigenvalue weighted by Gasteiger charge is -2.14. The van der Waals surface area contributed by atoms with Crippen LogP contribution in [0.15, 0.2) is 41.0 Å². The Morgan fingerprint density at radius 1 is 1.16 bits per heavy atom. The zero-order chi connectivity index (χ0) is 17.8. The molecule has 0 radical (unpaired) electrons. The predicted molar refractivity (Wildman–Crippen MR) is 94.7 cm³/mol. The van der Waals surface area contributed by atoms with E-state index in [9.17, 15) is 14.4 Å². The number of hydrogen-bond donors (Lipinski definition) is 1. The number of amides is 3. The van der Waals surface area contributed by atoms with Gasteiger partial charge in [0.1, 0.15) is 5.82 Å². The number of nitrogens with zero attached hydrogens (tertiary/aromatic N) is 3. The summed E-state index contributed by atoms with van der Waals surface area (Å²) in [5.74, 6) is -0.116. The number of hydrogen-bond acceptors (Lipinski definition) is 4. The summed E-state index contributed by atoms with van der Waals surface area (Å²) in [6.45, 7) is 0.620. The van der Waals surface area contributed by atoms with Crippen LogP contribution in [0.5, 0.6) is 0 Å². The molecule has 3 rings (SSSR count). The molecular formula is C17H17BrN4O3. The van der Waals surface area contributed by atoms with Crippen LogP contribution in [0.25, 0.3) is 0 Å². The number of rotatable bonds is 6. The van der Waals surface area contributed by atoms with Gasteiger partial charge in [-0.25, -0.2) is 4.68 Å². The lowest BCUT2D eigenvalue weighted by Crippen LogP contribution is -2.32. The number of imide groups is 1. The van der Waals surface area contributed by atoms with Gasteiger partial charge in [-0.15, -0.1) is 0 Å². The number of anilines is 1. The Morgan fingerprint density at radius 2 is 1.88 bits per heavy atom. The van der Waals surface area contributed by atoms with Crippen molar-refractivity contribution >= 4 is 39.5 Å². The highest BCUT2D eigenvalue weighted by Gasteiger charge is 2.28. The summed E-state index contributed by atoms with van der Waals surface area (Å²) in [6, 6.07) is 9.50. The molecule has 0 spiro atoms. The van der Waals surface area contributed by atoms with Crippen molar-refractivity contribution in [2.75, 3.05) is 11.9 Å². The zero-order valence-corrected chi connectivity index (χ0v) is 15.0. The number of carbonyl (C=O) groups excluding carboxylic acids is 3. The van der Waals surface area contributed by atoms with Crippen molar-refractivity contribution in [1.82, 2.24) is 14.7 Å². The Balaban J connectivity index is 1.59. The van der Waals surface area contributed by atoms with E-state index >= 15 is 0 Å². The predicted octanol–water partition coefficient (Wildman–Crippen LogP) is 2.17. The van der Waals surface area contributed by atoms with E-state index in [-0.39, 0.29) is 43.5 Å². The highest BCUT2D eigenvalue weighted by Crippen LogP contribution is 2.19. The van der Waals surface area contributed by atoms with Gasteiger partial charge in [0, 0.05) is 36.3 Å². The van der Waals surface area contributed by atoms with E-state index in [1.807, 2.05) is 24.3 Å². The van der Waals surface area contributed by atoms with E-state index in [0.717, 1.165) is 14.9 Å². The van der Waals surface area contributed by atoms with Crippen LogP contribution in [0.4, 0.5) is 5.82 Å². The molecule has 1 aliphatic rings. The van der Waals surface area contributed by atoms with Crippen LogP contribution >= 0.6 is 15.9 Å². The van der Waals surface area contributed by atoms with Gasteiger partial charge in [-0.2, -0.15) is 5.10 Å². The lowest BCUT2D eigenvalue weighted by atomic mass is 10.2. The number of carbonyl (C=O) groups is 3. The van der Waals surface area contributed by atoms with Crippen LogP contribution in [0.3, 0.4) is 0 Å². The first-order valence-electron chi connectivity index (χ1n) is 7.93. The molecule has 2 heterocycles. The first kappa shape index (κ1) is 17.3. The summed E-state index contributed by atoms with van der Waals surface area (Å²) in [7, 11) is 0. The molecule has 1 N–H and O–H groups in total. The molecule has 1 fully saturated rings. The van der Waals surface area contributed by atoms with Gasteiger partial charge in [0.15, 0.2) is 0 Å². The smallest absolute Gasteiger partial charge is 0.229 e. The quantitative estimate of drug-likeness (QED) is 0.747. The third-order valence-electron chi connectivity index (χ3n) is 3.98. The summed E-state index contributed by atoms with van der Waals surface area (Å²) in [4.78, 5) is 36.4. The van der Waals surface area contributed by atoms with Gasteiger partial charge in [-0.1, -0.05) is 34.1 Å². The topological polar surface area (TPSA) is 84.3 Å². The fourth-order valence-corrected chi connectivity index (χ4v) is 3.05. The van der Waals surface area contributed by atoms with Crippen molar-refractivity contribution in [2.24, 2.45) is 0 Å². The molecule has 0 atom stereocenters. The minimum Gasteiger partial charge on any atom is -0.311 e. The Hall–Kier alpha value is -2.48. The maximum Gasteiger partial charge on any atom is 0.229 e. The average molecular weight is 405 g/mol. The van der Waals surface area contributed by atoms with Crippen molar-refractivity contribution in [1.29, 1.82) is 0 Å². The van der Waals surface area contributed by atoms with Crippen molar-refractivity contribution in [3.05, 3.63) is 46.6 Å². The second-order valence-electron chi connectivity index (χ2n) is 5.70. The van der Waals surface area contributed by atoms with E-state index in [1.54, 1.807) is 16.9 Å². The summed E-state index contributed by atoms with van der Waals surface area (Å²) in [5.41, 5.74) is 1.04. The molecule has 1 aromatic heterocycles. The monoisotopic (exact) mass is 404 g/mol. The average Bonchev–Trinajstić information content (AvgIpc) is 3.15. The molecule has 7 nitrogen and oxygen atoms in total. The molecule has 0 saturated carbocycles. The molecule has 2 aromatic rings. The normalized spacial score (nSPS) is 14.2. The standard InChI is InChI=1S/C17H17BrN4O3/c18-13-4-2-1-3-12(13)11-22-14(7-9-19-22)20-15(23)8-10-21-16(24)5-6-17(21)25/h1-4,7,9H,5-6,8,10-11H2,(H,20,23). The minimum absolute atomic E-state index is 0.0672. The van der Waals surface area contributed by atoms with Gasteiger partial charge in [-0.3, -0.25) is 19.3 Å². The molecule has 130 valence electrons. The largest absolute Gasteiger partial charge is 0.311 e. The molecule has 25 heavy (non-hydrogen) atoms. The summed E-state index contributed by atoms with van der Waals surface area (Å²) in [5, 5.41) is 7.01. The van der Waals surface area contributed by atoms with Crippen molar-refractivity contribution in [2.45, 2.75) is 25.8 Å². The molecule has 1 aromatic carbocycles. The fraction of sp³-hybridized carbons (Fsp3) is 0.294. The van der Waals surface area contributed by atoms with Crippen molar-refractivity contribution in [3.63, 3.8) is 0 Å². The van der Waals surface area contributed by atoms with Gasteiger partial charge in [-0.05, 0) is 11.6 Å². The van der Waals surface area contributed by atoms with Gasteiger partial charge in [0.25, 0.3) is 0 Å². The zero-order valence-electron chi connectivity index (χ0n) is 13.4. The van der Waals surface area contributed by atoms with Crippen LogP contribution in [0, 0.1) is 0 Å². The van der Waals surface area contributed by atoms with Crippen molar-refractivity contribution in [3.8, 4) is 0 Å². The molecule has 3 amide bonds. The second kappa shape index (κ2) is 7.60. The van der Waals surface area contributed by atoms with Crippen LogP contribution in [-0.2, 0) is 20.9 Å². The number of halogens is 1. The van der Waals surface area contributed by atoms with E-state index in [4.69, 9.17) is 0 Å². The van der Waals surface area contributed by atoms with Crippen molar-refractivity contribution < 1.29 is 14.4 Å². The van der Waals surface area contributed by atoms with E-state index in [2.05, 4.69) is 26.3 Å². The number of benzene rings is 1. The van der Waals surface area contributed by atoms with Crippen LogP contribution in [-0.4, -0.2) is 38.9 Å². The van der Waals surface area contributed by atoms with Crippen LogP contribution in [0.2, 0.25) is 0 Å². The summed E-state index contributed by atoms with van der Waals surface area (Å²) < 4.78 is 2.65. The van der Waals surface area contributed by atoms with Gasteiger partial charge in [0.2, 0.25) is 17.7 Å². The van der Waals surface area contributed by atoms with E-state index < -0.39 is 0 Å². The highest BCUT2D eigenvalue weighted by molar-refractivity contribution is 9.10. The Labute approximate surface area is 153 Å². The van der Waals surface area contributed by atoms with E-state index in [1.165, 1.54) is 0 Å². The number of aromatic nitrogens is 2. The maximum absolute atomic E-state index is 12.1. The minimum atomic E-state index is -0.263. The highest BCUT2D eigenvalue weighted by atomic mass is 79.9. The third-order valence-corrected chi connectivity index (χ3v) is 4.75. The van der Waals surface area contributed by atoms with Gasteiger partial charge >= 0.3 is 0 Å². The Kier molecular flexibility index (Phi) is 5.28. The SMILES string of the molecule is O=C(CCN1C(=O)CCC1=O)Nc1ccnn1Cc1ccccc1Br. The molecule has 0 bridgehead atoms. The molecular weight excluding hydrogens is 388 g/mol. The van der Waals surface area contributed by atoms with Crippen LogP contribution in [0.1, 0.15) is 24.8 Å². The first-order chi connectivity index (χ1) is 12.0. The maximum atomic E-state index is 12.1. The molecule has 8 heteroatoms. The van der Waals surface area contributed by atoms with Crippen LogP contribution < -0.4 is 5.32 Å². The molecule has 0 aliphatic carbocycles. The van der Waals surface area contributed by atoms with E-state index in [0.29, 0.717) is 12.4 Å². The number of likely N-dealkylation sites (tertiary alicyclic amines) is 1. The summed E-state index contributed by atoms with van der Waals surface area (Å²) >= 11 is 3.49. The number of nitrogens with one attached hydrogen (secondary N) is 1. The Bertz CT molecular complexity index is 802.